The van der Waals surface area contributed by atoms with E-state index in [2.05, 4.69) is 6.07 Å². The Balaban J connectivity index is 2.71. The molecule has 0 saturated heterocycles. The zero-order valence-electron chi connectivity index (χ0n) is 17.3. The molecule has 30 heavy (non-hydrogen) atoms. The van der Waals surface area contributed by atoms with Crippen LogP contribution in [0.2, 0.25) is 0 Å². The third-order valence-corrected chi connectivity index (χ3v) is 5.83. The number of benzene rings is 1. The number of nitro benzene ring substituents is 1. The SMILES string of the molecule is CC1=C(C(=O)O)C(c2cccc([N+](=O)[O-])c2)C(C)(C(=O)O)CN1CC(C#N)C(C)C. The zero-order valence-corrected chi connectivity index (χ0v) is 17.3. The fourth-order valence-electron chi connectivity index (χ4n) is 3.97. The number of nitrogens with zero attached hydrogens (tertiary/aromatic N) is 3. The molecule has 0 bridgehead atoms. The van der Waals surface area contributed by atoms with Crippen molar-refractivity contribution in [2.45, 2.75) is 33.6 Å². The number of carbonyl (C=O) groups is 2. The predicted octanol–water partition coefficient (Wildman–Crippen LogP) is 3.24. The van der Waals surface area contributed by atoms with E-state index in [9.17, 15) is 35.2 Å². The molecule has 3 atom stereocenters. The standard InChI is InChI=1S/C21H25N3O6/c1-12(2)15(9-22)10-23-11-21(4,20(27)28)18(17(13(23)3)19(25)26)14-6-5-7-16(8-14)24(29)30/h5-8,12,15,18H,10-11H2,1-4H3,(H,25,26)(H,27,28). The second kappa shape index (κ2) is 8.53. The van der Waals surface area contributed by atoms with Crippen molar-refractivity contribution in [3.8, 4) is 6.07 Å². The largest absolute Gasteiger partial charge is 0.481 e. The van der Waals surface area contributed by atoms with Crippen LogP contribution in [0.15, 0.2) is 35.5 Å². The van der Waals surface area contributed by atoms with E-state index in [0.29, 0.717) is 5.70 Å². The Labute approximate surface area is 174 Å². The lowest BCUT2D eigenvalue weighted by molar-refractivity contribution is -0.384. The molecular weight excluding hydrogens is 390 g/mol. The Morgan fingerprint density at radius 1 is 1.40 bits per heavy atom. The maximum absolute atomic E-state index is 12.3. The average Bonchev–Trinajstić information content (AvgIpc) is 2.67. The van der Waals surface area contributed by atoms with Crippen LogP contribution < -0.4 is 0 Å². The predicted molar refractivity (Wildman–Crippen MR) is 107 cm³/mol. The molecule has 0 radical (unpaired) electrons. The van der Waals surface area contributed by atoms with Crippen molar-refractivity contribution in [1.29, 1.82) is 5.26 Å². The summed E-state index contributed by atoms with van der Waals surface area (Å²) in [6.07, 6.45) is 0. The molecule has 1 aliphatic rings. The maximum atomic E-state index is 12.3. The summed E-state index contributed by atoms with van der Waals surface area (Å²) < 4.78 is 0. The lowest BCUT2D eigenvalue weighted by atomic mass is 9.66. The molecule has 9 heteroatoms. The molecule has 0 aromatic heterocycles. The van der Waals surface area contributed by atoms with E-state index >= 15 is 0 Å². The molecule has 2 N–H and O–H groups in total. The van der Waals surface area contributed by atoms with Gasteiger partial charge in [-0.1, -0.05) is 26.0 Å². The Hall–Kier alpha value is -3.41. The number of nitriles is 1. The number of rotatable bonds is 7. The molecule has 0 saturated carbocycles. The Morgan fingerprint density at radius 2 is 2.03 bits per heavy atom. The zero-order chi connectivity index (χ0) is 22.8. The first-order chi connectivity index (χ1) is 13.9. The molecule has 3 unspecified atom stereocenters. The van der Waals surface area contributed by atoms with Gasteiger partial charge in [0.05, 0.1) is 27.9 Å². The molecule has 160 valence electrons. The van der Waals surface area contributed by atoms with Crippen LogP contribution in [0, 0.1) is 38.7 Å². The van der Waals surface area contributed by atoms with Crippen LogP contribution in [0.25, 0.3) is 0 Å². The summed E-state index contributed by atoms with van der Waals surface area (Å²) in [5.74, 6) is -4.01. The molecule has 9 nitrogen and oxygen atoms in total. The molecule has 2 rings (SSSR count). The fourth-order valence-corrected chi connectivity index (χ4v) is 3.97. The second-order valence-electron chi connectivity index (χ2n) is 8.17. The third-order valence-electron chi connectivity index (χ3n) is 5.83. The van der Waals surface area contributed by atoms with Crippen LogP contribution in [-0.2, 0) is 9.59 Å². The van der Waals surface area contributed by atoms with Gasteiger partial charge in [-0.2, -0.15) is 5.26 Å². The minimum atomic E-state index is -1.57. The van der Waals surface area contributed by atoms with Crippen LogP contribution in [0.5, 0.6) is 0 Å². The smallest absolute Gasteiger partial charge is 0.333 e. The van der Waals surface area contributed by atoms with Gasteiger partial charge in [0.15, 0.2) is 0 Å². The first kappa shape index (κ1) is 22.9. The number of allylic oxidation sites excluding steroid dienone is 1. The monoisotopic (exact) mass is 415 g/mol. The van der Waals surface area contributed by atoms with E-state index in [-0.39, 0.29) is 35.8 Å². The van der Waals surface area contributed by atoms with Crippen LogP contribution in [0.1, 0.15) is 39.2 Å². The molecule has 1 aromatic carbocycles. The van der Waals surface area contributed by atoms with Crippen molar-refractivity contribution < 1.29 is 24.7 Å². The van der Waals surface area contributed by atoms with E-state index < -0.39 is 34.1 Å². The second-order valence-corrected chi connectivity index (χ2v) is 8.17. The first-order valence-electron chi connectivity index (χ1n) is 9.50. The van der Waals surface area contributed by atoms with Gasteiger partial charge in [0.25, 0.3) is 5.69 Å². The molecule has 1 aliphatic heterocycles. The van der Waals surface area contributed by atoms with E-state index in [4.69, 9.17) is 0 Å². The van der Waals surface area contributed by atoms with E-state index in [1.165, 1.54) is 31.2 Å². The fraction of sp³-hybridized carbons (Fsp3) is 0.476. The Kier molecular flexibility index (Phi) is 6.50. The van der Waals surface area contributed by atoms with Crippen molar-refractivity contribution in [1.82, 2.24) is 4.90 Å². The van der Waals surface area contributed by atoms with Gasteiger partial charge >= 0.3 is 11.9 Å². The number of carboxylic acids is 2. The normalized spacial score (nSPS) is 22.5. The number of non-ortho nitro benzene ring substituents is 1. The number of nitro groups is 1. The van der Waals surface area contributed by atoms with Crippen molar-refractivity contribution in [2.24, 2.45) is 17.3 Å². The third kappa shape index (κ3) is 4.13. The Morgan fingerprint density at radius 3 is 2.50 bits per heavy atom. The van der Waals surface area contributed by atoms with Crippen molar-refractivity contribution in [2.75, 3.05) is 13.1 Å². The number of hydrogen-bond donors (Lipinski definition) is 2. The minimum Gasteiger partial charge on any atom is -0.481 e. The maximum Gasteiger partial charge on any atom is 0.333 e. The van der Waals surface area contributed by atoms with Gasteiger partial charge < -0.3 is 15.1 Å². The van der Waals surface area contributed by atoms with Gasteiger partial charge in [-0.3, -0.25) is 14.9 Å². The van der Waals surface area contributed by atoms with Gasteiger partial charge in [-0.05, 0) is 25.3 Å². The number of hydrogen-bond acceptors (Lipinski definition) is 6. The first-order valence-corrected chi connectivity index (χ1v) is 9.50. The van der Waals surface area contributed by atoms with Crippen LogP contribution in [-0.4, -0.2) is 45.1 Å². The summed E-state index contributed by atoms with van der Waals surface area (Å²) in [4.78, 5) is 36.8. The van der Waals surface area contributed by atoms with Crippen LogP contribution in [0.4, 0.5) is 5.69 Å². The van der Waals surface area contributed by atoms with Gasteiger partial charge in [0.1, 0.15) is 0 Å². The number of aliphatic carboxylic acids is 2. The molecule has 0 aliphatic carbocycles. The lowest BCUT2D eigenvalue weighted by Gasteiger charge is -2.46. The Bertz CT molecular complexity index is 948. The van der Waals surface area contributed by atoms with E-state index in [0.717, 1.165) is 0 Å². The summed E-state index contributed by atoms with van der Waals surface area (Å²) in [6.45, 7) is 6.95. The van der Waals surface area contributed by atoms with E-state index in [1.54, 1.807) is 11.8 Å². The van der Waals surface area contributed by atoms with Crippen LogP contribution >= 0.6 is 0 Å². The van der Waals surface area contributed by atoms with Crippen LogP contribution in [0.3, 0.4) is 0 Å². The van der Waals surface area contributed by atoms with Crippen molar-refractivity contribution in [3.05, 3.63) is 51.2 Å². The van der Waals surface area contributed by atoms with Gasteiger partial charge in [0.2, 0.25) is 0 Å². The molecule has 1 heterocycles. The molecule has 0 fully saturated rings. The highest BCUT2D eigenvalue weighted by atomic mass is 16.6. The summed E-state index contributed by atoms with van der Waals surface area (Å²) in [5, 5.41) is 40.7. The van der Waals surface area contributed by atoms with Gasteiger partial charge in [-0.15, -0.1) is 0 Å². The quantitative estimate of drug-likeness (QED) is 0.510. The van der Waals surface area contributed by atoms with Gasteiger partial charge in [0, 0.05) is 36.8 Å². The highest BCUT2D eigenvalue weighted by Crippen LogP contribution is 2.48. The summed E-state index contributed by atoms with van der Waals surface area (Å²) in [7, 11) is 0. The molecular formula is C21H25N3O6. The van der Waals surface area contributed by atoms with Crippen molar-refractivity contribution in [3.63, 3.8) is 0 Å². The highest BCUT2D eigenvalue weighted by molar-refractivity contribution is 5.92. The molecule has 1 aromatic rings. The molecule has 0 amide bonds. The average molecular weight is 415 g/mol. The molecule has 0 spiro atoms. The highest BCUT2D eigenvalue weighted by Gasteiger charge is 2.51. The van der Waals surface area contributed by atoms with Gasteiger partial charge in [-0.25, -0.2) is 4.79 Å². The summed E-state index contributed by atoms with van der Waals surface area (Å²) >= 11 is 0. The van der Waals surface area contributed by atoms with E-state index in [1.807, 2.05) is 13.8 Å². The summed E-state index contributed by atoms with van der Waals surface area (Å²) in [5.41, 5.74) is -1.33. The lowest BCUT2D eigenvalue weighted by Crippen LogP contribution is -2.51. The number of carboxylic acid groups (broad SMARTS) is 2. The van der Waals surface area contributed by atoms with Crippen molar-refractivity contribution >= 4 is 17.6 Å². The minimum absolute atomic E-state index is 0.00154. The summed E-state index contributed by atoms with van der Waals surface area (Å²) in [6, 6.07) is 7.63. The topological polar surface area (TPSA) is 145 Å².